The quantitative estimate of drug-likeness (QED) is 0.377. The molecule has 2 saturated carbocycles. The van der Waals surface area contributed by atoms with Crippen molar-refractivity contribution in [2.24, 2.45) is 10.8 Å². The molecule has 2 atom stereocenters. The second-order valence-electron chi connectivity index (χ2n) is 3.87. The van der Waals surface area contributed by atoms with E-state index in [4.69, 9.17) is 0 Å². The van der Waals surface area contributed by atoms with Crippen molar-refractivity contribution in [3.05, 3.63) is 0 Å². The maximum atomic E-state index is 11.2. The van der Waals surface area contributed by atoms with Crippen LogP contribution in [0.1, 0.15) is 25.7 Å². The molecule has 0 N–H and O–H groups in total. The van der Waals surface area contributed by atoms with Crippen molar-refractivity contribution in [3.8, 4) is 0 Å². The summed E-state index contributed by atoms with van der Waals surface area (Å²) >= 11 is 0. The predicted octanol–water partition coefficient (Wildman–Crippen LogP) is 0.630. The topological polar surface area (TPSA) is 43.4 Å². The van der Waals surface area contributed by atoms with Gasteiger partial charge in [-0.1, -0.05) is 6.42 Å². The Morgan fingerprint density at radius 3 is 2.09 bits per heavy atom. The maximum absolute atomic E-state index is 11.2. The largest absolute Gasteiger partial charge is 0.392 e. The van der Waals surface area contributed by atoms with Gasteiger partial charge in [0.25, 0.3) is 0 Å². The van der Waals surface area contributed by atoms with Gasteiger partial charge in [-0.25, -0.2) is 0 Å². The number of carbonyl (C=O) groups excluding carboxylic acids is 2. The van der Waals surface area contributed by atoms with Crippen LogP contribution in [0, 0.1) is 10.8 Å². The Morgan fingerprint density at radius 2 is 1.64 bits per heavy atom. The van der Waals surface area contributed by atoms with Gasteiger partial charge in [-0.2, -0.15) is 0 Å². The first-order chi connectivity index (χ1) is 5.21. The third-order valence-electron chi connectivity index (χ3n) is 3.57. The molecule has 1 aliphatic heterocycles. The smallest absolute Gasteiger partial charge is 0.320 e. The number of ether oxygens (including phenoxy) is 1. The zero-order valence-electron chi connectivity index (χ0n) is 6.05. The Balaban J connectivity index is 2.17. The van der Waals surface area contributed by atoms with Crippen LogP contribution in [0.5, 0.6) is 0 Å². The summed E-state index contributed by atoms with van der Waals surface area (Å²) in [6, 6.07) is 0. The number of carbonyl (C=O) groups is 2. The van der Waals surface area contributed by atoms with E-state index in [9.17, 15) is 9.59 Å². The Bertz CT molecular complexity index is 257. The van der Waals surface area contributed by atoms with E-state index in [2.05, 4.69) is 4.74 Å². The minimum Gasteiger partial charge on any atom is -0.392 e. The van der Waals surface area contributed by atoms with E-state index in [0.717, 1.165) is 25.7 Å². The molecule has 0 amide bonds. The van der Waals surface area contributed by atoms with Crippen molar-refractivity contribution in [1.82, 2.24) is 0 Å². The van der Waals surface area contributed by atoms with Gasteiger partial charge in [0.1, 0.15) is 0 Å². The summed E-state index contributed by atoms with van der Waals surface area (Å²) in [7, 11) is 0. The predicted molar refractivity (Wildman–Crippen MR) is 34.4 cm³/mol. The SMILES string of the molecule is O=C1OC(=O)C23CCCC12C3. The molecule has 0 aromatic carbocycles. The second-order valence-corrected chi connectivity index (χ2v) is 3.87. The highest BCUT2D eigenvalue weighted by Crippen LogP contribution is 2.77. The van der Waals surface area contributed by atoms with Crippen LogP contribution >= 0.6 is 0 Å². The van der Waals surface area contributed by atoms with Crippen LogP contribution in [0.4, 0.5) is 0 Å². The molecule has 0 bridgehead atoms. The Kier molecular flexibility index (Phi) is 0.646. The molecule has 1 saturated heterocycles. The van der Waals surface area contributed by atoms with E-state index in [-0.39, 0.29) is 22.8 Å². The standard InChI is InChI=1S/C8H8O3/c9-5-7-2-1-3-8(7,4-7)6(10)11-5/h1-4H2. The first kappa shape index (κ1) is 5.75. The molecule has 3 nitrogen and oxygen atoms in total. The van der Waals surface area contributed by atoms with Gasteiger partial charge in [-0.15, -0.1) is 0 Å². The molecule has 1 heterocycles. The maximum Gasteiger partial charge on any atom is 0.320 e. The van der Waals surface area contributed by atoms with E-state index in [1.54, 1.807) is 0 Å². The molecule has 58 valence electrons. The Labute approximate surface area is 63.7 Å². The molecule has 0 aromatic heterocycles. The second kappa shape index (κ2) is 1.24. The van der Waals surface area contributed by atoms with Crippen LogP contribution in [0.2, 0.25) is 0 Å². The summed E-state index contributed by atoms with van der Waals surface area (Å²) in [5, 5.41) is 0. The molecule has 2 aliphatic carbocycles. The molecule has 11 heavy (non-hydrogen) atoms. The summed E-state index contributed by atoms with van der Waals surface area (Å²) in [4.78, 5) is 22.4. The van der Waals surface area contributed by atoms with Gasteiger partial charge in [-0.05, 0) is 19.3 Å². The van der Waals surface area contributed by atoms with Gasteiger partial charge in [0.2, 0.25) is 0 Å². The summed E-state index contributed by atoms with van der Waals surface area (Å²) in [5.74, 6) is -0.500. The first-order valence-corrected chi connectivity index (χ1v) is 3.98. The number of rotatable bonds is 0. The van der Waals surface area contributed by atoms with Gasteiger partial charge in [-0.3, -0.25) is 9.59 Å². The number of esters is 2. The number of hydrogen-bond acceptors (Lipinski definition) is 3. The van der Waals surface area contributed by atoms with Crippen LogP contribution in [-0.2, 0) is 14.3 Å². The van der Waals surface area contributed by atoms with Gasteiger partial charge >= 0.3 is 11.9 Å². The Hall–Kier alpha value is -0.860. The average Bonchev–Trinajstić information content (AvgIpc) is 2.45. The van der Waals surface area contributed by atoms with Crippen LogP contribution < -0.4 is 0 Å². The fourth-order valence-corrected chi connectivity index (χ4v) is 2.84. The van der Waals surface area contributed by atoms with Crippen molar-refractivity contribution in [3.63, 3.8) is 0 Å². The Morgan fingerprint density at radius 1 is 1.09 bits per heavy atom. The van der Waals surface area contributed by atoms with Crippen LogP contribution in [0.15, 0.2) is 0 Å². The van der Waals surface area contributed by atoms with E-state index in [1.807, 2.05) is 0 Å². The molecule has 0 radical (unpaired) electrons. The third kappa shape index (κ3) is 0.357. The number of cyclic esters (lactones) is 2. The highest BCUT2D eigenvalue weighted by atomic mass is 16.6. The number of hydrogen-bond donors (Lipinski definition) is 0. The van der Waals surface area contributed by atoms with Gasteiger partial charge < -0.3 is 4.74 Å². The van der Waals surface area contributed by atoms with E-state index in [0.29, 0.717) is 0 Å². The molecule has 3 aliphatic rings. The fourth-order valence-electron chi connectivity index (χ4n) is 2.84. The monoisotopic (exact) mass is 152 g/mol. The highest BCUT2D eigenvalue weighted by molar-refractivity contribution is 6.07. The van der Waals surface area contributed by atoms with Crippen molar-refractivity contribution in [1.29, 1.82) is 0 Å². The molecular formula is C8H8O3. The molecule has 0 aromatic rings. The normalized spacial score (nSPS) is 52.0. The van der Waals surface area contributed by atoms with Gasteiger partial charge in [0.15, 0.2) is 0 Å². The lowest BCUT2D eigenvalue weighted by atomic mass is 10.00. The molecule has 3 heteroatoms. The van der Waals surface area contributed by atoms with Crippen molar-refractivity contribution >= 4 is 11.9 Å². The van der Waals surface area contributed by atoms with E-state index >= 15 is 0 Å². The molecule has 2 unspecified atom stereocenters. The fraction of sp³-hybridized carbons (Fsp3) is 0.750. The van der Waals surface area contributed by atoms with E-state index < -0.39 is 0 Å². The summed E-state index contributed by atoms with van der Waals surface area (Å²) in [5.41, 5.74) is -0.659. The third-order valence-corrected chi connectivity index (χ3v) is 3.57. The molecule has 0 spiro atoms. The zero-order chi connectivity index (χ0) is 7.69. The average molecular weight is 152 g/mol. The van der Waals surface area contributed by atoms with Crippen molar-refractivity contribution < 1.29 is 14.3 Å². The lowest BCUT2D eigenvalue weighted by molar-refractivity contribution is -0.158. The van der Waals surface area contributed by atoms with Crippen LogP contribution in [0.25, 0.3) is 0 Å². The van der Waals surface area contributed by atoms with Crippen molar-refractivity contribution in [2.45, 2.75) is 25.7 Å². The minimum absolute atomic E-state index is 0.250. The summed E-state index contributed by atoms with van der Waals surface area (Å²) < 4.78 is 4.59. The van der Waals surface area contributed by atoms with Crippen molar-refractivity contribution in [2.75, 3.05) is 0 Å². The van der Waals surface area contributed by atoms with Crippen LogP contribution in [0.3, 0.4) is 0 Å². The first-order valence-electron chi connectivity index (χ1n) is 3.98. The molecule has 3 rings (SSSR count). The van der Waals surface area contributed by atoms with E-state index in [1.165, 1.54) is 0 Å². The minimum atomic E-state index is -0.329. The highest BCUT2D eigenvalue weighted by Gasteiger charge is 2.83. The summed E-state index contributed by atoms with van der Waals surface area (Å²) in [6.45, 7) is 0. The lowest BCUT2D eigenvalue weighted by Crippen LogP contribution is -2.14. The molecule has 3 fully saturated rings. The lowest BCUT2D eigenvalue weighted by Gasteiger charge is -2.04. The molecular weight excluding hydrogens is 144 g/mol. The van der Waals surface area contributed by atoms with Crippen LogP contribution in [-0.4, -0.2) is 11.9 Å². The zero-order valence-corrected chi connectivity index (χ0v) is 6.05. The van der Waals surface area contributed by atoms with Gasteiger partial charge in [0, 0.05) is 0 Å². The summed E-state index contributed by atoms with van der Waals surface area (Å²) in [6.07, 6.45) is 3.54. The van der Waals surface area contributed by atoms with Gasteiger partial charge in [0.05, 0.1) is 10.8 Å².